The fraction of sp³-hybridized carbons (Fsp3) is 0.400. The van der Waals surface area contributed by atoms with Gasteiger partial charge in [0.1, 0.15) is 18.0 Å². The van der Waals surface area contributed by atoms with Crippen molar-refractivity contribution in [2.24, 2.45) is 7.05 Å². The van der Waals surface area contributed by atoms with E-state index in [-0.39, 0.29) is 69.8 Å². The highest BCUT2D eigenvalue weighted by Crippen LogP contribution is 2.43. The van der Waals surface area contributed by atoms with Crippen LogP contribution in [0, 0.1) is 0 Å². The fourth-order valence-electron chi connectivity index (χ4n) is 6.84. The molecule has 2 amide bonds. The number of anilines is 2. The van der Waals surface area contributed by atoms with Gasteiger partial charge >= 0.3 is 12.4 Å². The lowest BCUT2D eigenvalue weighted by Crippen LogP contribution is -2.55. The van der Waals surface area contributed by atoms with Gasteiger partial charge in [0.2, 0.25) is 5.91 Å². The van der Waals surface area contributed by atoms with E-state index in [0.717, 1.165) is 48.8 Å². The number of pyridine rings is 1. The van der Waals surface area contributed by atoms with E-state index >= 15 is 0 Å². The van der Waals surface area contributed by atoms with Crippen LogP contribution in [0.3, 0.4) is 0 Å². The molecule has 1 saturated heterocycles. The second kappa shape index (κ2) is 12.7. The van der Waals surface area contributed by atoms with E-state index in [0.29, 0.717) is 18.7 Å². The summed E-state index contributed by atoms with van der Waals surface area (Å²) in [4.78, 5) is 33.8. The molecule has 268 valence electrons. The number of aromatic nitrogens is 4. The molecule has 2 aliphatic heterocycles. The second-order valence-corrected chi connectivity index (χ2v) is 13.4. The smallest absolute Gasteiger partial charge is 0.370 e. The highest BCUT2D eigenvalue weighted by Gasteiger charge is 2.48. The molecule has 0 atom stereocenters. The van der Waals surface area contributed by atoms with Gasteiger partial charge in [0, 0.05) is 37.8 Å². The Bertz CT molecular complexity index is 2020. The number of hydrogen-bond acceptors (Lipinski definition) is 7. The number of alkyl halides is 6. The number of nitrogens with one attached hydrogen (secondary N) is 2. The largest absolute Gasteiger partial charge is 0.416 e. The molecule has 7 rings (SSSR count). The zero-order chi connectivity index (χ0) is 36.3. The summed E-state index contributed by atoms with van der Waals surface area (Å²) in [6.07, 6.45) is -4.91. The number of piperazine rings is 1. The Morgan fingerprint density at radius 2 is 1.73 bits per heavy atom. The summed E-state index contributed by atoms with van der Waals surface area (Å²) < 4.78 is 87.3. The van der Waals surface area contributed by atoms with Gasteiger partial charge in [-0.2, -0.15) is 26.3 Å². The Morgan fingerprint density at radius 1 is 0.941 bits per heavy atom. The molecule has 1 spiro atoms. The molecule has 2 aromatic carbocycles. The van der Waals surface area contributed by atoms with E-state index in [1.54, 1.807) is 22.6 Å². The molecule has 1 aliphatic carbocycles. The summed E-state index contributed by atoms with van der Waals surface area (Å²) in [6, 6.07) is 8.61. The number of amides is 2. The van der Waals surface area contributed by atoms with Crippen molar-refractivity contribution in [3.8, 4) is 22.5 Å². The van der Waals surface area contributed by atoms with Crippen LogP contribution in [-0.2, 0) is 37.3 Å². The summed E-state index contributed by atoms with van der Waals surface area (Å²) >= 11 is 0. The second-order valence-electron chi connectivity index (χ2n) is 13.4. The Morgan fingerprint density at radius 3 is 2.39 bits per heavy atom. The standard InChI is InChI=1S/C35H34F6N8O2/c1-3-4-9-42-28-12-21(24-14-22(34(36,37)38)5-6-23(24)31-46-43-19-47(31)2)13-29(44-28)49-16-26-25(32(49)51)10-20(11-27(26)35(39,40)41)15-48-17-30(50)45-33(18-48)7-8-33/h5-6,10-14,19H,3-4,7-9,15-18H2,1-2H3,(H,42,44)(H,45,50). The molecule has 1 saturated carbocycles. The first-order chi connectivity index (χ1) is 24.1. The van der Waals surface area contributed by atoms with Gasteiger partial charge in [-0.3, -0.25) is 19.4 Å². The average molecular weight is 713 g/mol. The van der Waals surface area contributed by atoms with Crippen LogP contribution in [0.15, 0.2) is 48.8 Å². The van der Waals surface area contributed by atoms with Gasteiger partial charge in [-0.15, -0.1) is 10.2 Å². The first-order valence-electron chi connectivity index (χ1n) is 16.5. The van der Waals surface area contributed by atoms with Crippen molar-refractivity contribution < 1.29 is 35.9 Å². The van der Waals surface area contributed by atoms with Crippen LogP contribution >= 0.6 is 0 Å². The van der Waals surface area contributed by atoms with Crippen molar-refractivity contribution in [3.05, 3.63) is 76.6 Å². The molecule has 2 aromatic heterocycles. The fourth-order valence-corrected chi connectivity index (χ4v) is 6.84. The Labute approximate surface area is 288 Å². The first-order valence-corrected chi connectivity index (χ1v) is 16.5. The number of carbonyl (C=O) groups is 2. The van der Waals surface area contributed by atoms with Crippen LogP contribution in [0.2, 0.25) is 0 Å². The molecular weight excluding hydrogens is 678 g/mol. The van der Waals surface area contributed by atoms with Gasteiger partial charge in [0.15, 0.2) is 5.82 Å². The molecule has 4 heterocycles. The molecule has 2 N–H and O–H groups in total. The van der Waals surface area contributed by atoms with Gasteiger partial charge in [-0.05, 0) is 84.0 Å². The number of carbonyl (C=O) groups excluding carboxylic acids is 2. The summed E-state index contributed by atoms with van der Waals surface area (Å²) in [5.74, 6) is -0.449. The van der Waals surface area contributed by atoms with Crippen LogP contribution in [0.5, 0.6) is 0 Å². The van der Waals surface area contributed by atoms with Crippen LogP contribution < -0.4 is 15.5 Å². The Hall–Kier alpha value is -4.99. The number of halogens is 6. The van der Waals surface area contributed by atoms with Crippen molar-refractivity contribution in [2.45, 2.75) is 63.6 Å². The summed E-state index contributed by atoms with van der Waals surface area (Å²) in [6.45, 7) is 2.53. The van der Waals surface area contributed by atoms with Crippen molar-refractivity contribution in [1.82, 2.24) is 30.0 Å². The van der Waals surface area contributed by atoms with E-state index in [9.17, 15) is 35.9 Å². The van der Waals surface area contributed by atoms with Gasteiger partial charge in [0.05, 0.1) is 29.8 Å². The summed E-state index contributed by atoms with van der Waals surface area (Å²) in [5, 5.41) is 14.1. The third-order valence-electron chi connectivity index (χ3n) is 9.50. The maximum atomic E-state index is 14.6. The van der Waals surface area contributed by atoms with E-state index < -0.39 is 35.9 Å². The SMILES string of the molecule is CCCCNc1cc(-c2cc(C(F)(F)F)ccc2-c2nncn2C)cc(N2Cc3c(cc(CN4CC(=O)NC5(CC5)C4)cc3C(F)(F)F)C2=O)n1. The van der Waals surface area contributed by atoms with Crippen molar-refractivity contribution in [2.75, 3.05) is 29.9 Å². The van der Waals surface area contributed by atoms with Crippen molar-refractivity contribution >= 4 is 23.5 Å². The summed E-state index contributed by atoms with van der Waals surface area (Å²) in [7, 11) is 1.64. The van der Waals surface area contributed by atoms with Crippen molar-refractivity contribution in [1.29, 1.82) is 0 Å². The lowest BCUT2D eigenvalue weighted by atomic mass is 9.96. The minimum atomic E-state index is -4.79. The molecule has 10 nitrogen and oxygen atoms in total. The average Bonchev–Trinajstić information content (AvgIpc) is 3.49. The van der Waals surface area contributed by atoms with Gasteiger partial charge < -0.3 is 15.2 Å². The predicted molar refractivity (Wildman–Crippen MR) is 175 cm³/mol. The molecule has 0 unspecified atom stereocenters. The quantitative estimate of drug-likeness (QED) is 0.152. The molecule has 0 radical (unpaired) electrons. The lowest BCUT2D eigenvalue weighted by Gasteiger charge is -2.33. The normalized spacial score (nSPS) is 17.2. The molecule has 16 heteroatoms. The monoisotopic (exact) mass is 712 g/mol. The van der Waals surface area contributed by atoms with E-state index in [4.69, 9.17) is 0 Å². The molecule has 51 heavy (non-hydrogen) atoms. The highest BCUT2D eigenvalue weighted by molar-refractivity contribution is 6.10. The van der Waals surface area contributed by atoms with Gasteiger partial charge in [-0.1, -0.05) is 13.3 Å². The zero-order valence-corrected chi connectivity index (χ0v) is 27.8. The van der Waals surface area contributed by atoms with Crippen molar-refractivity contribution in [3.63, 3.8) is 0 Å². The Balaban J connectivity index is 1.30. The van der Waals surface area contributed by atoms with Crippen LogP contribution in [-0.4, -0.2) is 61.6 Å². The minimum Gasteiger partial charge on any atom is -0.370 e. The maximum absolute atomic E-state index is 14.6. The third-order valence-corrected chi connectivity index (χ3v) is 9.50. The minimum absolute atomic E-state index is 0.0244. The van der Waals surface area contributed by atoms with Gasteiger partial charge in [0.25, 0.3) is 5.91 Å². The lowest BCUT2D eigenvalue weighted by molar-refractivity contribution is -0.138. The number of benzene rings is 2. The molecular formula is C35H34F6N8O2. The third kappa shape index (κ3) is 6.88. The first kappa shape index (κ1) is 34.5. The number of aryl methyl sites for hydroxylation is 1. The van der Waals surface area contributed by atoms with Crippen LogP contribution in [0.25, 0.3) is 22.5 Å². The molecule has 2 fully saturated rings. The van der Waals surface area contributed by atoms with E-state index in [1.807, 2.05) is 6.92 Å². The number of unbranched alkanes of at least 4 members (excludes halogenated alkanes) is 1. The number of rotatable bonds is 9. The molecule has 3 aliphatic rings. The van der Waals surface area contributed by atoms with E-state index in [2.05, 4.69) is 25.8 Å². The highest BCUT2D eigenvalue weighted by atomic mass is 19.4. The zero-order valence-electron chi connectivity index (χ0n) is 27.8. The Kier molecular flexibility index (Phi) is 8.55. The number of nitrogens with zero attached hydrogens (tertiary/aromatic N) is 6. The predicted octanol–water partition coefficient (Wildman–Crippen LogP) is 6.42. The molecule has 4 aromatic rings. The molecule has 0 bridgehead atoms. The van der Waals surface area contributed by atoms with Crippen LogP contribution in [0.1, 0.15) is 65.2 Å². The number of fused-ring (bicyclic) bond motifs is 1. The van der Waals surface area contributed by atoms with Gasteiger partial charge in [-0.25, -0.2) is 4.98 Å². The van der Waals surface area contributed by atoms with Crippen LogP contribution in [0.4, 0.5) is 38.0 Å². The summed E-state index contributed by atoms with van der Waals surface area (Å²) in [5.41, 5.74) is -1.70. The topological polar surface area (TPSA) is 108 Å². The number of hydrogen-bond donors (Lipinski definition) is 2. The van der Waals surface area contributed by atoms with E-state index in [1.165, 1.54) is 24.5 Å². The maximum Gasteiger partial charge on any atom is 0.416 e.